The molecule has 1 fully saturated rings. The van der Waals surface area contributed by atoms with E-state index in [4.69, 9.17) is 21.4 Å². The molecule has 0 unspecified atom stereocenters. The van der Waals surface area contributed by atoms with Gasteiger partial charge < -0.3 is 14.9 Å². The van der Waals surface area contributed by atoms with Crippen LogP contribution in [0, 0.1) is 5.82 Å². The van der Waals surface area contributed by atoms with E-state index in [2.05, 4.69) is 0 Å². The highest BCUT2D eigenvalue weighted by Crippen LogP contribution is 2.43. The molecule has 0 bridgehead atoms. The minimum atomic E-state index is -2.96. The molecule has 7 nitrogen and oxygen atoms in total. The second kappa shape index (κ2) is 4.67. The van der Waals surface area contributed by atoms with Gasteiger partial charge in [-0.3, -0.25) is 14.3 Å². The third kappa shape index (κ3) is 2.18. The van der Waals surface area contributed by atoms with Gasteiger partial charge in [0.2, 0.25) is 5.82 Å². The molecule has 2 rings (SSSR count). The van der Waals surface area contributed by atoms with Crippen LogP contribution in [-0.2, 0) is 4.74 Å². The van der Waals surface area contributed by atoms with Crippen LogP contribution in [0.4, 0.5) is 8.78 Å². The van der Waals surface area contributed by atoms with E-state index in [1.807, 2.05) is 0 Å². The molecule has 1 aromatic heterocycles. The Labute approximate surface area is 109 Å². The lowest BCUT2D eigenvalue weighted by molar-refractivity contribution is -0.0522. The first-order chi connectivity index (χ1) is 8.78. The van der Waals surface area contributed by atoms with Crippen LogP contribution in [0.15, 0.2) is 15.8 Å². The zero-order chi connectivity index (χ0) is 14.4. The predicted molar refractivity (Wildman–Crippen MR) is 58.0 cm³/mol. The number of halogens is 3. The number of aromatic nitrogens is 2. The summed E-state index contributed by atoms with van der Waals surface area (Å²) in [6.45, 7) is -0.753. The summed E-state index contributed by atoms with van der Waals surface area (Å²) in [4.78, 5) is 23.9. The predicted octanol–water partition coefficient (Wildman–Crippen LogP) is -1.17. The summed E-state index contributed by atoms with van der Waals surface area (Å²) < 4.78 is 32.4. The van der Waals surface area contributed by atoms with Crippen molar-refractivity contribution in [1.29, 1.82) is 0 Å². The van der Waals surface area contributed by atoms with Crippen LogP contribution < -0.4 is 11.2 Å². The van der Waals surface area contributed by atoms with Crippen LogP contribution in [0.1, 0.15) is 6.23 Å². The Morgan fingerprint density at radius 3 is 2.74 bits per heavy atom. The molecule has 10 heteroatoms. The summed E-state index contributed by atoms with van der Waals surface area (Å²) in [5.41, 5.74) is -2.44. The Bertz CT molecular complexity index is 601. The number of aliphatic hydroxyl groups is 2. The first-order valence-electron chi connectivity index (χ1n) is 5.12. The topological polar surface area (TPSA) is 105 Å². The zero-order valence-corrected chi connectivity index (χ0v) is 9.97. The number of rotatable bonds is 2. The highest BCUT2D eigenvalue weighted by atomic mass is 35.5. The van der Waals surface area contributed by atoms with Crippen molar-refractivity contribution in [2.45, 2.75) is 23.6 Å². The van der Waals surface area contributed by atoms with Crippen molar-refractivity contribution in [2.75, 3.05) is 6.61 Å². The van der Waals surface area contributed by atoms with Crippen molar-refractivity contribution >= 4 is 11.6 Å². The highest BCUT2D eigenvalue weighted by Gasteiger charge is 2.57. The van der Waals surface area contributed by atoms with Crippen LogP contribution in [0.3, 0.4) is 0 Å². The minimum absolute atomic E-state index is 0.364. The molecule has 3 N–H and O–H groups in total. The minimum Gasteiger partial charge on any atom is -0.394 e. The molecule has 0 radical (unpaired) electrons. The van der Waals surface area contributed by atoms with Crippen molar-refractivity contribution in [1.82, 2.24) is 9.55 Å². The molecule has 1 aliphatic rings. The van der Waals surface area contributed by atoms with E-state index in [0.717, 1.165) is 0 Å². The van der Waals surface area contributed by atoms with E-state index in [9.17, 15) is 23.5 Å². The molecule has 0 aliphatic carbocycles. The molecule has 0 spiro atoms. The number of nitrogens with one attached hydrogen (secondary N) is 1. The van der Waals surface area contributed by atoms with Gasteiger partial charge in [0, 0.05) is 0 Å². The van der Waals surface area contributed by atoms with E-state index in [-0.39, 0.29) is 0 Å². The van der Waals surface area contributed by atoms with Gasteiger partial charge in [0.15, 0.2) is 6.23 Å². The second-order valence-corrected chi connectivity index (χ2v) is 4.55. The van der Waals surface area contributed by atoms with Gasteiger partial charge in [0.05, 0.1) is 12.8 Å². The van der Waals surface area contributed by atoms with Crippen molar-refractivity contribution in [2.24, 2.45) is 0 Å². The van der Waals surface area contributed by atoms with Crippen LogP contribution in [0.25, 0.3) is 0 Å². The lowest BCUT2D eigenvalue weighted by Crippen LogP contribution is -2.42. The lowest BCUT2D eigenvalue weighted by atomic mass is 10.1. The number of hydrogen-bond acceptors (Lipinski definition) is 5. The fourth-order valence-corrected chi connectivity index (χ4v) is 2.05. The maximum absolute atomic E-state index is 14.1. The molecule has 0 saturated carbocycles. The van der Waals surface area contributed by atoms with E-state index in [0.29, 0.717) is 10.8 Å². The number of aliphatic hydroxyl groups excluding tert-OH is 2. The van der Waals surface area contributed by atoms with Crippen molar-refractivity contribution in [3.8, 4) is 0 Å². The average Bonchev–Trinajstić information content (AvgIpc) is 2.56. The van der Waals surface area contributed by atoms with Gasteiger partial charge in [-0.15, -0.1) is 0 Å². The monoisotopic (exact) mass is 298 g/mol. The molecular weight excluding hydrogens is 290 g/mol. The van der Waals surface area contributed by atoms with Gasteiger partial charge in [-0.1, -0.05) is 11.6 Å². The summed E-state index contributed by atoms with van der Waals surface area (Å²) >= 11 is 5.43. The van der Waals surface area contributed by atoms with Gasteiger partial charge in [-0.25, -0.2) is 9.18 Å². The second-order valence-electron chi connectivity index (χ2n) is 3.97. The zero-order valence-electron chi connectivity index (χ0n) is 9.22. The quantitative estimate of drug-likeness (QED) is 0.597. The highest BCUT2D eigenvalue weighted by molar-refractivity contribution is 6.23. The molecule has 1 saturated heterocycles. The SMILES string of the molecule is O=c1[nH]c(=O)n([C@@H]2O[C@H](CO)[C@@H](O)[C@@]2(F)Cl)cc1F. The molecule has 106 valence electrons. The third-order valence-corrected chi connectivity index (χ3v) is 3.15. The van der Waals surface area contributed by atoms with E-state index < -0.39 is 47.2 Å². The fraction of sp³-hybridized carbons (Fsp3) is 0.556. The van der Waals surface area contributed by atoms with Crippen LogP contribution in [-0.4, -0.2) is 43.7 Å². The number of nitrogens with zero attached hydrogens (tertiary/aromatic N) is 1. The smallest absolute Gasteiger partial charge is 0.330 e. The molecule has 0 aromatic carbocycles. The lowest BCUT2D eigenvalue weighted by Gasteiger charge is -2.22. The first-order valence-corrected chi connectivity index (χ1v) is 5.50. The largest absolute Gasteiger partial charge is 0.394 e. The standard InChI is InChI=1S/C9H9ClF2N2O5/c10-9(12)5(16)4(2-15)19-7(9)14-1-3(11)6(17)13-8(14)18/h1,4-5,7,15-16H,2H2,(H,13,17,18)/t4-,5-,7-,9+/m1/s1. The Balaban J connectivity index is 2.51. The Morgan fingerprint density at radius 1 is 1.58 bits per heavy atom. The van der Waals surface area contributed by atoms with Crippen LogP contribution in [0.2, 0.25) is 0 Å². The third-order valence-electron chi connectivity index (χ3n) is 2.74. The number of aromatic amines is 1. The summed E-state index contributed by atoms with van der Waals surface area (Å²) in [6.07, 6.45) is -4.78. The summed E-state index contributed by atoms with van der Waals surface area (Å²) in [7, 11) is 0. The normalized spacial score (nSPS) is 34.7. The number of hydrogen-bond donors (Lipinski definition) is 3. The summed E-state index contributed by atoms with van der Waals surface area (Å²) in [5.74, 6) is -1.35. The molecule has 2 heterocycles. The Morgan fingerprint density at radius 2 is 2.21 bits per heavy atom. The summed E-state index contributed by atoms with van der Waals surface area (Å²) in [5, 5.41) is 15.4. The van der Waals surface area contributed by atoms with Gasteiger partial charge in [0.25, 0.3) is 10.7 Å². The van der Waals surface area contributed by atoms with Crippen molar-refractivity contribution < 1.29 is 23.7 Å². The van der Waals surface area contributed by atoms with E-state index >= 15 is 0 Å². The van der Waals surface area contributed by atoms with Gasteiger partial charge in [-0.2, -0.15) is 4.39 Å². The molecule has 4 atom stereocenters. The van der Waals surface area contributed by atoms with Gasteiger partial charge in [-0.05, 0) is 0 Å². The van der Waals surface area contributed by atoms with E-state index in [1.165, 1.54) is 0 Å². The number of ether oxygens (including phenoxy) is 1. The van der Waals surface area contributed by atoms with Crippen molar-refractivity contribution in [3.63, 3.8) is 0 Å². The van der Waals surface area contributed by atoms with Gasteiger partial charge in [0.1, 0.15) is 12.2 Å². The van der Waals surface area contributed by atoms with Gasteiger partial charge >= 0.3 is 5.69 Å². The molecule has 0 amide bonds. The average molecular weight is 299 g/mol. The fourth-order valence-electron chi connectivity index (χ4n) is 1.75. The molecular formula is C9H9ClF2N2O5. The Hall–Kier alpha value is -1.29. The van der Waals surface area contributed by atoms with Crippen LogP contribution >= 0.6 is 11.6 Å². The Kier molecular flexibility index (Phi) is 3.47. The maximum atomic E-state index is 14.1. The van der Waals surface area contributed by atoms with Crippen LogP contribution in [0.5, 0.6) is 0 Å². The van der Waals surface area contributed by atoms with Crippen molar-refractivity contribution in [3.05, 3.63) is 32.9 Å². The maximum Gasteiger partial charge on any atom is 0.330 e. The molecule has 1 aliphatic heterocycles. The molecule has 19 heavy (non-hydrogen) atoms. The number of H-pyrrole nitrogens is 1. The van der Waals surface area contributed by atoms with E-state index in [1.54, 1.807) is 4.98 Å². The first kappa shape index (κ1) is 14.1. The number of alkyl halides is 2. The summed E-state index contributed by atoms with van der Waals surface area (Å²) in [6, 6.07) is 0. The molecule has 1 aromatic rings.